The molecule has 0 amide bonds. The number of nitrogens with one attached hydrogen (secondary N) is 1. The fourth-order valence-corrected chi connectivity index (χ4v) is 2.77. The Bertz CT molecular complexity index is 581. The van der Waals surface area contributed by atoms with Crippen molar-refractivity contribution >= 4 is 20.1 Å². The van der Waals surface area contributed by atoms with Crippen LogP contribution in [0.4, 0.5) is 0 Å². The van der Waals surface area contributed by atoms with Gasteiger partial charge in [-0.25, -0.2) is 13.1 Å². The highest BCUT2D eigenvalue weighted by Crippen LogP contribution is 2.00. The largest absolute Gasteiger partial charge is 0.270 e. The molecule has 0 bridgehead atoms. The average molecular weight is 307 g/mol. The van der Waals surface area contributed by atoms with Gasteiger partial charge in [0.05, 0.1) is 18.6 Å². The van der Waals surface area contributed by atoms with Gasteiger partial charge in [-0.05, 0) is 12.0 Å². The maximum absolute atomic E-state index is 11.6. The summed E-state index contributed by atoms with van der Waals surface area (Å²) in [6, 6.07) is 9.12. The lowest BCUT2D eigenvalue weighted by Crippen LogP contribution is -2.26. The first-order valence-corrected chi connectivity index (χ1v) is 9.11. The lowest BCUT2D eigenvalue weighted by atomic mass is 10.2. The molecule has 0 fully saturated rings. The zero-order chi connectivity index (χ0) is 14.4. The minimum absolute atomic E-state index is 0.122. The van der Waals surface area contributed by atoms with Crippen molar-refractivity contribution in [3.63, 3.8) is 0 Å². The summed E-state index contributed by atoms with van der Waals surface area (Å²) < 4.78 is 51.5. The van der Waals surface area contributed by atoms with Crippen molar-refractivity contribution in [1.29, 1.82) is 0 Å². The van der Waals surface area contributed by atoms with Gasteiger partial charge in [-0.3, -0.25) is 4.18 Å². The van der Waals surface area contributed by atoms with Crippen LogP contribution < -0.4 is 4.72 Å². The molecule has 1 aromatic rings. The summed E-state index contributed by atoms with van der Waals surface area (Å²) in [5.74, 6) is -0.171. The van der Waals surface area contributed by atoms with Crippen LogP contribution in [-0.4, -0.2) is 35.5 Å². The van der Waals surface area contributed by atoms with Gasteiger partial charge in [-0.2, -0.15) is 8.42 Å². The Morgan fingerprint density at radius 3 is 2.32 bits per heavy atom. The van der Waals surface area contributed by atoms with E-state index in [9.17, 15) is 16.8 Å². The summed E-state index contributed by atoms with van der Waals surface area (Å²) in [5, 5.41) is 0. The molecule has 19 heavy (non-hydrogen) atoms. The number of hydrogen-bond donors (Lipinski definition) is 1. The smallest absolute Gasteiger partial charge is 0.264 e. The summed E-state index contributed by atoms with van der Waals surface area (Å²) >= 11 is 0. The normalized spacial score (nSPS) is 12.5. The number of benzene rings is 1. The first kappa shape index (κ1) is 16.1. The molecule has 0 aliphatic heterocycles. The quantitative estimate of drug-likeness (QED) is 0.557. The van der Waals surface area contributed by atoms with Crippen molar-refractivity contribution in [2.24, 2.45) is 0 Å². The van der Waals surface area contributed by atoms with Crippen molar-refractivity contribution in [1.82, 2.24) is 4.72 Å². The second kappa shape index (κ2) is 6.99. The predicted molar refractivity (Wildman–Crippen MR) is 72.5 cm³/mol. The van der Waals surface area contributed by atoms with E-state index in [2.05, 4.69) is 8.91 Å². The fourth-order valence-electron chi connectivity index (χ4n) is 1.32. The standard InChI is InChI=1S/C11H17NO5S2/c1-18(13,14)17-8-5-9-19(15,16)12-10-11-6-3-2-4-7-11/h2-4,6-7,12H,5,8-10H2,1H3. The van der Waals surface area contributed by atoms with Gasteiger partial charge >= 0.3 is 0 Å². The Morgan fingerprint density at radius 2 is 1.74 bits per heavy atom. The third-order valence-corrected chi connectivity index (χ3v) is 4.20. The van der Waals surface area contributed by atoms with Crippen LogP contribution in [0.15, 0.2) is 30.3 Å². The van der Waals surface area contributed by atoms with Gasteiger partial charge < -0.3 is 0 Å². The van der Waals surface area contributed by atoms with Gasteiger partial charge in [-0.15, -0.1) is 0 Å². The molecular weight excluding hydrogens is 290 g/mol. The van der Waals surface area contributed by atoms with E-state index in [4.69, 9.17) is 0 Å². The van der Waals surface area contributed by atoms with E-state index in [1.807, 2.05) is 30.3 Å². The molecule has 1 aromatic carbocycles. The second-order valence-corrected chi connectivity index (χ2v) is 7.58. The Kier molecular flexibility index (Phi) is 5.92. The van der Waals surface area contributed by atoms with Crippen molar-refractivity contribution in [2.45, 2.75) is 13.0 Å². The lowest BCUT2D eigenvalue weighted by molar-refractivity contribution is 0.321. The maximum atomic E-state index is 11.6. The van der Waals surface area contributed by atoms with Crippen LogP contribution in [0.3, 0.4) is 0 Å². The third-order valence-electron chi connectivity index (χ3n) is 2.19. The number of hydrogen-bond acceptors (Lipinski definition) is 5. The number of rotatable bonds is 8. The van der Waals surface area contributed by atoms with E-state index in [0.717, 1.165) is 11.8 Å². The Balaban J connectivity index is 2.32. The van der Waals surface area contributed by atoms with Crippen LogP contribution in [0, 0.1) is 0 Å². The van der Waals surface area contributed by atoms with Crippen molar-refractivity contribution < 1.29 is 21.0 Å². The molecule has 0 aliphatic rings. The maximum Gasteiger partial charge on any atom is 0.264 e. The van der Waals surface area contributed by atoms with Crippen LogP contribution in [0.5, 0.6) is 0 Å². The van der Waals surface area contributed by atoms with Crippen LogP contribution in [-0.2, 0) is 30.9 Å². The van der Waals surface area contributed by atoms with Gasteiger partial charge in [0, 0.05) is 6.54 Å². The molecule has 108 valence electrons. The first-order valence-electron chi connectivity index (χ1n) is 5.64. The van der Waals surface area contributed by atoms with E-state index in [0.29, 0.717) is 0 Å². The van der Waals surface area contributed by atoms with Crippen LogP contribution in [0.1, 0.15) is 12.0 Å². The van der Waals surface area contributed by atoms with E-state index in [1.54, 1.807) is 0 Å². The molecule has 0 spiro atoms. The monoisotopic (exact) mass is 307 g/mol. The van der Waals surface area contributed by atoms with Crippen molar-refractivity contribution in [3.8, 4) is 0 Å². The molecule has 0 radical (unpaired) electrons. The van der Waals surface area contributed by atoms with Crippen molar-refractivity contribution in [2.75, 3.05) is 18.6 Å². The SMILES string of the molecule is CS(=O)(=O)OCCCS(=O)(=O)NCc1ccccc1. The topological polar surface area (TPSA) is 89.5 Å². The molecular formula is C11H17NO5S2. The molecule has 0 saturated heterocycles. The third kappa shape index (κ3) is 7.93. The molecule has 0 aliphatic carbocycles. The van der Waals surface area contributed by atoms with E-state index < -0.39 is 20.1 Å². The molecule has 1 rings (SSSR count). The molecule has 0 unspecified atom stereocenters. The van der Waals surface area contributed by atoms with Crippen LogP contribution in [0.2, 0.25) is 0 Å². The Hall–Kier alpha value is -0.960. The summed E-state index contributed by atoms with van der Waals surface area (Å²) in [6.45, 7) is 0.0845. The van der Waals surface area contributed by atoms with Gasteiger partial charge in [0.1, 0.15) is 0 Å². The first-order chi connectivity index (χ1) is 8.79. The average Bonchev–Trinajstić information content (AvgIpc) is 2.33. The lowest BCUT2D eigenvalue weighted by Gasteiger charge is -2.06. The summed E-state index contributed by atoms with van der Waals surface area (Å²) in [4.78, 5) is 0. The highest BCUT2D eigenvalue weighted by atomic mass is 32.2. The fraction of sp³-hybridized carbons (Fsp3) is 0.455. The molecule has 8 heteroatoms. The van der Waals surface area contributed by atoms with Gasteiger partial charge in [0.2, 0.25) is 10.0 Å². The zero-order valence-electron chi connectivity index (χ0n) is 10.6. The van der Waals surface area contributed by atoms with Gasteiger partial charge in [0.25, 0.3) is 10.1 Å². The number of sulfonamides is 1. The van der Waals surface area contributed by atoms with E-state index in [-0.39, 0.29) is 25.3 Å². The summed E-state index contributed by atoms with van der Waals surface area (Å²) in [5.41, 5.74) is 0.860. The summed E-state index contributed by atoms with van der Waals surface area (Å²) in [6.07, 6.45) is 1.05. The Morgan fingerprint density at radius 1 is 1.11 bits per heavy atom. The van der Waals surface area contributed by atoms with E-state index >= 15 is 0 Å². The molecule has 1 N–H and O–H groups in total. The van der Waals surface area contributed by atoms with Gasteiger partial charge in [-0.1, -0.05) is 30.3 Å². The molecule has 6 nitrogen and oxygen atoms in total. The molecule has 0 aromatic heterocycles. The highest BCUT2D eigenvalue weighted by molar-refractivity contribution is 7.89. The minimum atomic E-state index is -3.51. The molecule has 0 heterocycles. The second-order valence-electron chi connectivity index (χ2n) is 4.01. The van der Waals surface area contributed by atoms with Crippen LogP contribution >= 0.6 is 0 Å². The van der Waals surface area contributed by atoms with E-state index in [1.165, 1.54) is 0 Å². The molecule has 0 atom stereocenters. The Labute approximate surface area is 114 Å². The predicted octanol–water partition coefficient (Wildman–Crippen LogP) is 0.472. The zero-order valence-corrected chi connectivity index (χ0v) is 12.2. The van der Waals surface area contributed by atoms with Gasteiger partial charge in [0.15, 0.2) is 0 Å². The van der Waals surface area contributed by atoms with Crippen LogP contribution in [0.25, 0.3) is 0 Å². The minimum Gasteiger partial charge on any atom is -0.270 e. The highest BCUT2D eigenvalue weighted by Gasteiger charge is 2.10. The summed E-state index contributed by atoms with van der Waals surface area (Å²) in [7, 11) is -6.93. The molecule has 0 saturated carbocycles. The van der Waals surface area contributed by atoms with Crippen molar-refractivity contribution in [3.05, 3.63) is 35.9 Å².